The number of allylic oxidation sites excluding steroid dienone is 1. The molecule has 0 spiro atoms. The van der Waals surface area contributed by atoms with Crippen LogP contribution >= 0.6 is 0 Å². The molecule has 0 atom stereocenters. The Morgan fingerprint density at radius 1 is 0.800 bits per heavy atom. The third-order valence-corrected chi connectivity index (χ3v) is 5.54. The largest absolute Gasteiger partial charge is 0.465 e. The van der Waals surface area contributed by atoms with Gasteiger partial charge in [0.2, 0.25) is 0 Å². The topological polar surface area (TPSA) is 86.7 Å². The molecule has 0 aliphatic heterocycles. The average molecular weight is 404 g/mol. The monoisotopic (exact) mass is 404 g/mol. The molecule has 2 aliphatic carbocycles. The maximum absolute atomic E-state index is 13.6. The summed E-state index contributed by atoms with van der Waals surface area (Å²) in [6, 6.07) is 13.4. The Balaban J connectivity index is 2.10. The quantitative estimate of drug-likeness (QED) is 0.575. The van der Waals surface area contributed by atoms with E-state index in [0.29, 0.717) is 11.1 Å². The van der Waals surface area contributed by atoms with E-state index >= 15 is 0 Å². The van der Waals surface area contributed by atoms with E-state index in [1.165, 1.54) is 6.07 Å². The van der Waals surface area contributed by atoms with Gasteiger partial charge in [-0.05, 0) is 25.0 Å². The van der Waals surface area contributed by atoms with E-state index in [0.717, 1.165) is 0 Å². The first-order valence-corrected chi connectivity index (χ1v) is 9.83. The molecular formula is C24H20O6. The van der Waals surface area contributed by atoms with Gasteiger partial charge in [0.15, 0.2) is 17.0 Å². The van der Waals surface area contributed by atoms with Crippen LogP contribution in [0.4, 0.5) is 0 Å². The number of fused-ring (bicyclic) bond motifs is 3. The van der Waals surface area contributed by atoms with Crippen LogP contribution in [0.5, 0.6) is 0 Å². The van der Waals surface area contributed by atoms with Gasteiger partial charge >= 0.3 is 11.9 Å². The zero-order valence-corrected chi connectivity index (χ0v) is 16.7. The molecule has 6 nitrogen and oxygen atoms in total. The fourth-order valence-corrected chi connectivity index (χ4v) is 4.27. The van der Waals surface area contributed by atoms with Gasteiger partial charge in [-0.1, -0.05) is 48.5 Å². The molecule has 0 bridgehead atoms. The van der Waals surface area contributed by atoms with Crippen molar-refractivity contribution in [1.29, 1.82) is 0 Å². The van der Waals surface area contributed by atoms with Gasteiger partial charge in [0.05, 0.1) is 13.2 Å². The van der Waals surface area contributed by atoms with Crippen LogP contribution in [-0.2, 0) is 25.5 Å². The van der Waals surface area contributed by atoms with E-state index in [1.54, 1.807) is 56.3 Å². The van der Waals surface area contributed by atoms with Gasteiger partial charge in [-0.3, -0.25) is 19.2 Å². The van der Waals surface area contributed by atoms with Crippen LogP contribution < -0.4 is 0 Å². The van der Waals surface area contributed by atoms with E-state index in [1.807, 2.05) is 0 Å². The molecule has 2 aromatic rings. The van der Waals surface area contributed by atoms with Gasteiger partial charge in [0, 0.05) is 28.7 Å². The Bertz CT molecular complexity index is 1110. The highest BCUT2D eigenvalue weighted by atomic mass is 16.6. The maximum atomic E-state index is 13.6. The lowest BCUT2D eigenvalue weighted by atomic mass is 9.62. The number of carbonyl (C=O) groups is 4. The molecular weight excluding hydrogens is 384 g/mol. The lowest BCUT2D eigenvalue weighted by Gasteiger charge is -2.38. The smallest absolute Gasteiger partial charge is 0.328 e. The summed E-state index contributed by atoms with van der Waals surface area (Å²) in [7, 11) is 0. The number of benzene rings is 2. The second kappa shape index (κ2) is 7.37. The third-order valence-electron chi connectivity index (χ3n) is 5.54. The molecule has 0 radical (unpaired) electrons. The van der Waals surface area contributed by atoms with Crippen LogP contribution in [0.2, 0.25) is 0 Å². The highest BCUT2D eigenvalue weighted by Crippen LogP contribution is 2.49. The molecule has 0 unspecified atom stereocenters. The molecule has 6 heteroatoms. The Labute approximate surface area is 173 Å². The fourth-order valence-electron chi connectivity index (χ4n) is 4.27. The summed E-state index contributed by atoms with van der Waals surface area (Å²) >= 11 is 0. The first kappa shape index (κ1) is 19.8. The van der Waals surface area contributed by atoms with Gasteiger partial charge in [0.1, 0.15) is 0 Å². The van der Waals surface area contributed by atoms with Crippen LogP contribution in [0, 0.1) is 5.41 Å². The molecule has 152 valence electrons. The van der Waals surface area contributed by atoms with E-state index in [-0.39, 0.29) is 41.9 Å². The van der Waals surface area contributed by atoms with Crippen molar-refractivity contribution in [3.63, 3.8) is 0 Å². The van der Waals surface area contributed by atoms with Crippen molar-refractivity contribution in [3.8, 4) is 0 Å². The normalized spacial score (nSPS) is 16.3. The molecule has 0 N–H and O–H groups in total. The van der Waals surface area contributed by atoms with Gasteiger partial charge in [0.25, 0.3) is 0 Å². The first-order chi connectivity index (χ1) is 14.5. The van der Waals surface area contributed by atoms with Gasteiger partial charge in [-0.2, -0.15) is 0 Å². The predicted molar refractivity (Wildman–Crippen MR) is 108 cm³/mol. The number of hydrogen-bond donors (Lipinski definition) is 0. The summed E-state index contributed by atoms with van der Waals surface area (Å²) in [5, 5.41) is 0. The van der Waals surface area contributed by atoms with Gasteiger partial charge < -0.3 is 9.47 Å². The van der Waals surface area contributed by atoms with Crippen LogP contribution in [0.1, 0.15) is 45.7 Å². The minimum atomic E-state index is -2.03. The molecule has 0 amide bonds. The number of esters is 2. The van der Waals surface area contributed by atoms with Crippen LogP contribution in [0.25, 0.3) is 5.57 Å². The van der Waals surface area contributed by atoms with Gasteiger partial charge in [-0.15, -0.1) is 0 Å². The molecule has 4 rings (SSSR count). The predicted octanol–water partition coefficient (Wildman–Crippen LogP) is 3.19. The van der Waals surface area contributed by atoms with Crippen molar-refractivity contribution < 1.29 is 28.7 Å². The summed E-state index contributed by atoms with van der Waals surface area (Å²) in [5.41, 5.74) is -0.542. The van der Waals surface area contributed by atoms with Crippen LogP contribution in [0.3, 0.4) is 0 Å². The van der Waals surface area contributed by atoms with Crippen molar-refractivity contribution in [2.45, 2.75) is 20.3 Å². The second-order valence-electron chi connectivity index (χ2n) is 7.13. The third kappa shape index (κ3) is 2.64. The van der Waals surface area contributed by atoms with E-state index in [2.05, 4.69) is 0 Å². The van der Waals surface area contributed by atoms with Crippen molar-refractivity contribution in [1.82, 2.24) is 0 Å². The molecule has 0 heterocycles. The molecule has 0 saturated carbocycles. The number of carbonyl (C=O) groups excluding carboxylic acids is 4. The first-order valence-electron chi connectivity index (χ1n) is 9.83. The lowest BCUT2D eigenvalue weighted by molar-refractivity contribution is -0.168. The molecule has 0 fully saturated rings. The molecule has 0 aromatic heterocycles. The summed E-state index contributed by atoms with van der Waals surface area (Å²) in [6.45, 7) is 3.27. The SMILES string of the molecule is CCOC(=O)C1(C(=O)OCC)Cc2ccccc2C2=C1C(=O)c1ccccc1C2=O. The van der Waals surface area contributed by atoms with Crippen LogP contribution in [-0.4, -0.2) is 36.7 Å². The summed E-state index contributed by atoms with van der Waals surface area (Å²) in [4.78, 5) is 53.6. The standard InChI is InChI=1S/C24H20O6/c1-3-29-22(27)24(23(28)30-4-2)13-14-9-5-6-10-15(14)18-19(24)21(26)17-12-8-7-11-16(17)20(18)25/h5-12H,3-4,13H2,1-2H3. The molecule has 0 saturated heterocycles. The highest BCUT2D eigenvalue weighted by molar-refractivity contribution is 6.43. The van der Waals surface area contributed by atoms with E-state index in [4.69, 9.17) is 9.47 Å². The zero-order valence-electron chi connectivity index (χ0n) is 16.7. The lowest BCUT2D eigenvalue weighted by Crippen LogP contribution is -2.51. The second-order valence-corrected chi connectivity index (χ2v) is 7.13. The van der Waals surface area contributed by atoms with Crippen molar-refractivity contribution in [3.05, 3.63) is 76.4 Å². The number of rotatable bonds is 4. The summed E-state index contributed by atoms with van der Waals surface area (Å²) in [5.74, 6) is -2.70. The number of ketones is 2. The Morgan fingerprint density at radius 3 is 1.87 bits per heavy atom. The van der Waals surface area contributed by atoms with Crippen LogP contribution in [0.15, 0.2) is 54.1 Å². The Morgan fingerprint density at radius 2 is 1.30 bits per heavy atom. The molecule has 30 heavy (non-hydrogen) atoms. The number of hydrogen-bond acceptors (Lipinski definition) is 6. The number of ether oxygens (including phenoxy) is 2. The average Bonchev–Trinajstić information content (AvgIpc) is 2.76. The summed E-state index contributed by atoms with van der Waals surface area (Å²) < 4.78 is 10.5. The fraction of sp³-hybridized carbons (Fsp3) is 0.250. The maximum Gasteiger partial charge on any atom is 0.328 e. The van der Waals surface area contributed by atoms with E-state index in [9.17, 15) is 19.2 Å². The van der Waals surface area contributed by atoms with Crippen molar-refractivity contribution in [2.75, 3.05) is 13.2 Å². The van der Waals surface area contributed by atoms with Crippen molar-refractivity contribution in [2.24, 2.45) is 5.41 Å². The minimum absolute atomic E-state index is 0.0168. The highest BCUT2D eigenvalue weighted by Gasteiger charge is 2.59. The molecule has 2 aliphatic rings. The Kier molecular flexibility index (Phi) is 4.86. The minimum Gasteiger partial charge on any atom is -0.465 e. The number of Topliss-reactive ketones (excluding diaryl/α,β-unsaturated/α-hetero) is 2. The zero-order chi connectivity index (χ0) is 21.5. The van der Waals surface area contributed by atoms with Gasteiger partial charge in [-0.25, -0.2) is 0 Å². The Hall–Kier alpha value is -3.54. The molecule has 2 aromatic carbocycles. The van der Waals surface area contributed by atoms with Crippen molar-refractivity contribution >= 4 is 29.1 Å². The van der Waals surface area contributed by atoms with E-state index < -0.39 is 28.9 Å². The summed E-state index contributed by atoms with van der Waals surface area (Å²) in [6.07, 6.45) is -0.110.